The van der Waals surface area contributed by atoms with Gasteiger partial charge in [-0.1, -0.05) is 15.9 Å². The van der Waals surface area contributed by atoms with Gasteiger partial charge in [0, 0.05) is 10.7 Å². The average molecular weight is 261 g/mol. The summed E-state index contributed by atoms with van der Waals surface area (Å²) in [5.41, 5.74) is 0.792. The van der Waals surface area contributed by atoms with Crippen molar-refractivity contribution in [2.75, 3.05) is 0 Å². The standard InChI is InChI=1S/C9H7BrF2N2/c1-5-7(10)6(2-3-13)4-14-8(5)9(11)12/h4,9H,2H2,1H3. The molecule has 0 aliphatic heterocycles. The van der Waals surface area contributed by atoms with Gasteiger partial charge >= 0.3 is 0 Å². The number of rotatable bonds is 2. The Morgan fingerprint density at radius 2 is 2.29 bits per heavy atom. The molecule has 0 spiro atoms. The first kappa shape index (κ1) is 11.1. The zero-order chi connectivity index (χ0) is 10.7. The van der Waals surface area contributed by atoms with Crippen LogP contribution in [0.1, 0.15) is 23.2 Å². The summed E-state index contributed by atoms with van der Waals surface area (Å²) in [4.78, 5) is 3.63. The van der Waals surface area contributed by atoms with Crippen molar-refractivity contribution in [1.82, 2.24) is 4.98 Å². The molecule has 0 saturated carbocycles. The third kappa shape index (κ3) is 2.07. The molecule has 1 rings (SSSR count). The maximum absolute atomic E-state index is 12.4. The topological polar surface area (TPSA) is 36.7 Å². The largest absolute Gasteiger partial charge is 0.280 e. The Labute approximate surface area is 88.7 Å². The predicted molar refractivity (Wildman–Crippen MR) is 50.9 cm³/mol. The molecule has 1 aromatic heterocycles. The van der Waals surface area contributed by atoms with Crippen LogP contribution in [0.25, 0.3) is 0 Å². The maximum atomic E-state index is 12.4. The van der Waals surface area contributed by atoms with E-state index in [4.69, 9.17) is 5.26 Å². The molecule has 74 valence electrons. The molecular formula is C9H7BrF2N2. The summed E-state index contributed by atoms with van der Waals surface area (Å²) in [7, 11) is 0. The number of hydrogen-bond acceptors (Lipinski definition) is 2. The summed E-state index contributed by atoms with van der Waals surface area (Å²) < 4.78 is 25.3. The Hall–Kier alpha value is -1.02. The van der Waals surface area contributed by atoms with E-state index >= 15 is 0 Å². The molecule has 0 atom stereocenters. The summed E-state index contributed by atoms with van der Waals surface area (Å²) in [6.45, 7) is 1.56. The third-order valence-corrected chi connectivity index (χ3v) is 2.94. The van der Waals surface area contributed by atoms with Crippen LogP contribution >= 0.6 is 15.9 Å². The van der Waals surface area contributed by atoms with E-state index in [2.05, 4.69) is 20.9 Å². The van der Waals surface area contributed by atoms with E-state index in [1.165, 1.54) is 6.20 Å². The van der Waals surface area contributed by atoms with Crippen molar-refractivity contribution in [1.29, 1.82) is 5.26 Å². The molecule has 5 heteroatoms. The lowest BCUT2D eigenvalue weighted by Crippen LogP contribution is -1.98. The number of hydrogen-bond donors (Lipinski definition) is 0. The SMILES string of the molecule is Cc1c(C(F)F)ncc(CC#N)c1Br. The fourth-order valence-corrected chi connectivity index (χ4v) is 1.53. The van der Waals surface area contributed by atoms with Gasteiger partial charge < -0.3 is 0 Å². The number of aromatic nitrogens is 1. The highest BCUT2D eigenvalue weighted by atomic mass is 79.9. The number of nitriles is 1. The fraction of sp³-hybridized carbons (Fsp3) is 0.333. The van der Waals surface area contributed by atoms with E-state index in [0.717, 1.165) is 0 Å². The highest BCUT2D eigenvalue weighted by molar-refractivity contribution is 9.10. The Morgan fingerprint density at radius 3 is 2.79 bits per heavy atom. The molecule has 1 heterocycles. The van der Waals surface area contributed by atoms with E-state index in [1.54, 1.807) is 6.92 Å². The van der Waals surface area contributed by atoms with Gasteiger partial charge in [0.05, 0.1) is 12.5 Å². The van der Waals surface area contributed by atoms with Crippen molar-refractivity contribution < 1.29 is 8.78 Å². The smallest absolute Gasteiger partial charge is 0.255 e. The Bertz CT molecular complexity index is 385. The maximum Gasteiger partial charge on any atom is 0.280 e. The lowest BCUT2D eigenvalue weighted by molar-refractivity contribution is 0.145. The molecule has 0 unspecified atom stereocenters. The van der Waals surface area contributed by atoms with Crippen molar-refractivity contribution in [2.45, 2.75) is 19.8 Å². The molecule has 0 aliphatic carbocycles. The van der Waals surface area contributed by atoms with Gasteiger partial charge in [0.25, 0.3) is 6.43 Å². The molecule has 0 saturated heterocycles. The molecule has 0 amide bonds. The Balaban J connectivity index is 3.20. The summed E-state index contributed by atoms with van der Waals surface area (Å²) in [5.74, 6) is 0. The highest BCUT2D eigenvalue weighted by Crippen LogP contribution is 2.28. The third-order valence-electron chi connectivity index (χ3n) is 1.83. The van der Waals surface area contributed by atoms with Gasteiger partial charge in [0.2, 0.25) is 0 Å². The number of alkyl halides is 2. The van der Waals surface area contributed by atoms with Gasteiger partial charge in [-0.2, -0.15) is 5.26 Å². The summed E-state index contributed by atoms with van der Waals surface area (Å²) in [6.07, 6.45) is -1.11. The zero-order valence-electron chi connectivity index (χ0n) is 7.39. The Kier molecular flexibility index (Phi) is 3.53. The van der Waals surface area contributed by atoms with Crippen LogP contribution in [0.15, 0.2) is 10.7 Å². The first-order valence-electron chi connectivity index (χ1n) is 3.87. The second-order valence-electron chi connectivity index (χ2n) is 2.74. The quantitative estimate of drug-likeness (QED) is 0.819. The van der Waals surface area contributed by atoms with E-state index in [-0.39, 0.29) is 12.1 Å². The predicted octanol–water partition coefficient (Wildman–Crippen LogP) is 3.16. The van der Waals surface area contributed by atoms with E-state index in [0.29, 0.717) is 15.6 Å². The summed E-state index contributed by atoms with van der Waals surface area (Å²) >= 11 is 3.18. The van der Waals surface area contributed by atoms with Gasteiger partial charge in [0.15, 0.2) is 0 Å². The average Bonchev–Trinajstić information content (AvgIpc) is 2.13. The van der Waals surface area contributed by atoms with Crippen LogP contribution in [0.3, 0.4) is 0 Å². The van der Waals surface area contributed by atoms with Crippen molar-refractivity contribution in [2.24, 2.45) is 0 Å². The van der Waals surface area contributed by atoms with E-state index < -0.39 is 6.43 Å². The van der Waals surface area contributed by atoms with Crippen LogP contribution in [0.5, 0.6) is 0 Å². The molecule has 0 bridgehead atoms. The summed E-state index contributed by atoms with van der Waals surface area (Å²) in [5, 5.41) is 8.47. The number of nitrogens with zero attached hydrogens (tertiary/aromatic N) is 2. The van der Waals surface area contributed by atoms with Crippen LogP contribution in [0, 0.1) is 18.3 Å². The highest BCUT2D eigenvalue weighted by Gasteiger charge is 2.16. The van der Waals surface area contributed by atoms with Gasteiger partial charge in [0.1, 0.15) is 5.69 Å². The monoisotopic (exact) mass is 260 g/mol. The Morgan fingerprint density at radius 1 is 1.64 bits per heavy atom. The zero-order valence-corrected chi connectivity index (χ0v) is 8.98. The molecular weight excluding hydrogens is 254 g/mol. The number of pyridine rings is 1. The van der Waals surface area contributed by atoms with E-state index in [1.807, 2.05) is 6.07 Å². The molecule has 14 heavy (non-hydrogen) atoms. The van der Waals surface area contributed by atoms with Crippen LogP contribution < -0.4 is 0 Å². The van der Waals surface area contributed by atoms with Crippen LogP contribution in [0.2, 0.25) is 0 Å². The van der Waals surface area contributed by atoms with Gasteiger partial charge in [-0.3, -0.25) is 4.98 Å². The van der Waals surface area contributed by atoms with Crippen molar-refractivity contribution in [3.05, 3.63) is 27.5 Å². The van der Waals surface area contributed by atoms with E-state index in [9.17, 15) is 8.78 Å². The van der Waals surface area contributed by atoms with Crippen LogP contribution in [-0.2, 0) is 6.42 Å². The second-order valence-corrected chi connectivity index (χ2v) is 3.54. The first-order chi connectivity index (χ1) is 6.57. The minimum Gasteiger partial charge on any atom is -0.255 e. The van der Waals surface area contributed by atoms with Crippen molar-refractivity contribution >= 4 is 15.9 Å². The van der Waals surface area contributed by atoms with Crippen molar-refractivity contribution in [3.8, 4) is 6.07 Å². The van der Waals surface area contributed by atoms with Crippen LogP contribution in [-0.4, -0.2) is 4.98 Å². The minimum atomic E-state index is -2.58. The molecule has 0 aromatic carbocycles. The molecule has 0 radical (unpaired) electrons. The molecule has 0 fully saturated rings. The van der Waals surface area contributed by atoms with Crippen LogP contribution in [0.4, 0.5) is 8.78 Å². The minimum absolute atomic E-state index is 0.165. The normalized spacial score (nSPS) is 10.3. The lowest BCUT2D eigenvalue weighted by Gasteiger charge is -2.08. The molecule has 0 aliphatic rings. The number of halogens is 3. The van der Waals surface area contributed by atoms with Gasteiger partial charge in [-0.25, -0.2) is 8.78 Å². The lowest BCUT2D eigenvalue weighted by atomic mass is 10.1. The fourth-order valence-electron chi connectivity index (χ4n) is 1.08. The molecule has 1 aromatic rings. The van der Waals surface area contributed by atoms with Gasteiger partial charge in [-0.15, -0.1) is 0 Å². The molecule has 2 nitrogen and oxygen atoms in total. The second kappa shape index (κ2) is 4.47. The van der Waals surface area contributed by atoms with Gasteiger partial charge in [-0.05, 0) is 18.1 Å². The summed E-state index contributed by atoms with van der Waals surface area (Å²) in [6, 6.07) is 1.94. The first-order valence-corrected chi connectivity index (χ1v) is 4.66. The molecule has 0 N–H and O–H groups in total. The van der Waals surface area contributed by atoms with Crippen molar-refractivity contribution in [3.63, 3.8) is 0 Å².